The van der Waals surface area contributed by atoms with E-state index in [0.717, 1.165) is 108 Å². The van der Waals surface area contributed by atoms with E-state index in [1.807, 2.05) is 0 Å². The fraction of sp³-hybridized carbons (Fsp3) is 0.951. The summed E-state index contributed by atoms with van der Waals surface area (Å²) in [6.07, 6.45) is 60.9. The van der Waals surface area contributed by atoms with Crippen LogP contribution in [0.5, 0.6) is 0 Å². The fourth-order valence-electron chi connectivity index (χ4n) is 12.6. The molecule has 19 heteroatoms. The number of ether oxygens (including phenoxy) is 4. The molecule has 0 fully saturated rings. The minimum Gasteiger partial charge on any atom is -0.462 e. The lowest BCUT2D eigenvalue weighted by Gasteiger charge is -2.21. The zero-order valence-electron chi connectivity index (χ0n) is 66.4. The summed E-state index contributed by atoms with van der Waals surface area (Å²) < 4.78 is 68.8. The third-order valence-corrected chi connectivity index (χ3v) is 21.4. The first-order chi connectivity index (χ1) is 48.8. The number of phosphoric ester groups is 2. The molecule has 0 aromatic rings. The average Bonchev–Trinajstić information content (AvgIpc) is 0.988. The summed E-state index contributed by atoms with van der Waals surface area (Å²) in [4.78, 5) is 73.1. The van der Waals surface area contributed by atoms with Crippen LogP contribution in [0.25, 0.3) is 0 Å². The molecule has 0 aromatic carbocycles. The van der Waals surface area contributed by atoms with Crippen molar-refractivity contribution in [3.63, 3.8) is 0 Å². The molecule has 0 radical (unpaired) electrons. The first kappa shape index (κ1) is 99.1. The smallest absolute Gasteiger partial charge is 0.462 e. The molecule has 3 unspecified atom stereocenters. The van der Waals surface area contributed by atoms with Crippen LogP contribution in [-0.4, -0.2) is 96.7 Å². The Labute approximate surface area is 619 Å². The Morgan fingerprint density at radius 1 is 0.287 bits per heavy atom. The van der Waals surface area contributed by atoms with Crippen molar-refractivity contribution in [3.05, 3.63) is 0 Å². The van der Waals surface area contributed by atoms with Crippen LogP contribution in [0.3, 0.4) is 0 Å². The van der Waals surface area contributed by atoms with Crippen LogP contribution in [0, 0.1) is 17.8 Å². The minimum absolute atomic E-state index is 0.107. The highest BCUT2D eigenvalue weighted by Gasteiger charge is 2.30. The number of hydrogen-bond acceptors (Lipinski definition) is 15. The van der Waals surface area contributed by atoms with Gasteiger partial charge in [-0.05, 0) is 43.4 Å². The van der Waals surface area contributed by atoms with Crippen LogP contribution in [0.4, 0.5) is 0 Å². The highest BCUT2D eigenvalue weighted by molar-refractivity contribution is 7.47. The largest absolute Gasteiger partial charge is 0.472 e. The van der Waals surface area contributed by atoms with E-state index in [0.29, 0.717) is 25.7 Å². The van der Waals surface area contributed by atoms with Gasteiger partial charge in [-0.2, -0.15) is 0 Å². The summed E-state index contributed by atoms with van der Waals surface area (Å²) in [6, 6.07) is 0. The molecule has 17 nitrogen and oxygen atoms in total. The molecule has 0 saturated heterocycles. The van der Waals surface area contributed by atoms with Crippen LogP contribution in [-0.2, 0) is 65.4 Å². The third-order valence-electron chi connectivity index (χ3n) is 19.5. The Bertz CT molecular complexity index is 1960. The number of hydrogen-bond donors (Lipinski definition) is 3. The molecule has 101 heavy (non-hydrogen) atoms. The summed E-state index contributed by atoms with van der Waals surface area (Å²) >= 11 is 0. The lowest BCUT2D eigenvalue weighted by Crippen LogP contribution is -2.30. The predicted octanol–water partition coefficient (Wildman–Crippen LogP) is 24.5. The van der Waals surface area contributed by atoms with Gasteiger partial charge >= 0.3 is 39.5 Å². The Morgan fingerprint density at radius 2 is 0.505 bits per heavy atom. The van der Waals surface area contributed by atoms with Crippen molar-refractivity contribution in [2.45, 2.75) is 446 Å². The lowest BCUT2D eigenvalue weighted by molar-refractivity contribution is -0.161. The van der Waals surface area contributed by atoms with Crippen molar-refractivity contribution >= 4 is 39.5 Å². The maximum Gasteiger partial charge on any atom is 0.472 e. The van der Waals surface area contributed by atoms with Gasteiger partial charge in [0.25, 0.3) is 0 Å². The summed E-state index contributed by atoms with van der Waals surface area (Å²) in [7, 11) is -9.92. The number of phosphoric acid groups is 2. The number of carbonyl (C=O) groups is 4. The molecule has 3 N–H and O–H groups in total. The summed E-state index contributed by atoms with van der Waals surface area (Å²) in [6.45, 7) is 12.0. The predicted molar refractivity (Wildman–Crippen MR) is 414 cm³/mol. The van der Waals surface area contributed by atoms with Crippen LogP contribution in [0.2, 0.25) is 0 Å². The van der Waals surface area contributed by atoms with Crippen LogP contribution in [0.1, 0.15) is 427 Å². The average molecular weight is 1480 g/mol. The summed E-state index contributed by atoms with van der Waals surface area (Å²) in [5, 5.41) is 10.7. The van der Waals surface area contributed by atoms with Gasteiger partial charge in [0.1, 0.15) is 19.3 Å². The van der Waals surface area contributed by atoms with Gasteiger partial charge in [-0.3, -0.25) is 37.3 Å². The highest BCUT2D eigenvalue weighted by atomic mass is 31.2. The van der Waals surface area contributed by atoms with E-state index in [1.54, 1.807) is 0 Å². The number of rotatable bonds is 80. The van der Waals surface area contributed by atoms with E-state index in [1.165, 1.54) is 238 Å². The molecule has 0 aliphatic rings. The van der Waals surface area contributed by atoms with E-state index in [4.69, 9.17) is 37.0 Å². The molecule has 0 aliphatic carbocycles. The summed E-state index contributed by atoms with van der Waals surface area (Å²) in [5.74, 6) is 0.272. The zero-order valence-corrected chi connectivity index (χ0v) is 68.2. The number of aliphatic hydroxyl groups excluding tert-OH is 1. The van der Waals surface area contributed by atoms with Gasteiger partial charge in [-0.1, -0.05) is 376 Å². The van der Waals surface area contributed by atoms with Crippen LogP contribution in [0.15, 0.2) is 0 Å². The third kappa shape index (κ3) is 74.7. The van der Waals surface area contributed by atoms with Gasteiger partial charge in [-0.15, -0.1) is 0 Å². The van der Waals surface area contributed by atoms with Crippen molar-refractivity contribution < 1.29 is 80.2 Å². The van der Waals surface area contributed by atoms with Gasteiger partial charge in [0.2, 0.25) is 0 Å². The van der Waals surface area contributed by atoms with Crippen molar-refractivity contribution in [2.24, 2.45) is 17.8 Å². The van der Waals surface area contributed by atoms with E-state index < -0.39 is 97.5 Å². The monoisotopic (exact) mass is 1480 g/mol. The zero-order chi connectivity index (χ0) is 74.4. The Balaban J connectivity index is 5.27. The maximum absolute atomic E-state index is 13.1. The quantitative estimate of drug-likeness (QED) is 0.0222. The van der Waals surface area contributed by atoms with Gasteiger partial charge in [0, 0.05) is 25.7 Å². The molecule has 0 spiro atoms. The van der Waals surface area contributed by atoms with E-state index in [-0.39, 0.29) is 25.7 Å². The highest BCUT2D eigenvalue weighted by Crippen LogP contribution is 2.45. The van der Waals surface area contributed by atoms with Crippen molar-refractivity contribution in [1.29, 1.82) is 0 Å². The van der Waals surface area contributed by atoms with Gasteiger partial charge in [-0.25, -0.2) is 9.13 Å². The molecule has 0 bridgehead atoms. The molecular weight excluding hydrogens is 1320 g/mol. The topological polar surface area (TPSA) is 237 Å². The van der Waals surface area contributed by atoms with E-state index >= 15 is 0 Å². The van der Waals surface area contributed by atoms with E-state index in [9.17, 15) is 43.2 Å². The first-order valence-electron chi connectivity index (χ1n) is 42.4. The normalized spacial score (nSPS) is 14.2. The number of aliphatic hydroxyl groups is 1. The molecular formula is C82H160O17P2. The molecule has 0 aliphatic heterocycles. The van der Waals surface area contributed by atoms with Crippen molar-refractivity contribution in [2.75, 3.05) is 39.6 Å². The summed E-state index contributed by atoms with van der Waals surface area (Å²) in [5.41, 5.74) is 0. The second kappa shape index (κ2) is 72.3. The Kier molecular flexibility index (Phi) is 70.9. The molecule has 0 amide bonds. The van der Waals surface area contributed by atoms with Gasteiger partial charge in [0.05, 0.1) is 26.4 Å². The number of esters is 4. The van der Waals surface area contributed by atoms with Crippen LogP contribution >= 0.6 is 15.6 Å². The van der Waals surface area contributed by atoms with Crippen LogP contribution < -0.4 is 0 Å². The molecule has 0 heterocycles. The number of carbonyl (C=O) groups excluding carboxylic acids is 4. The molecule has 0 rings (SSSR count). The SMILES string of the molecule is CCCCCCCCCCCCCCCCC(=O)O[C@H](COC(=O)CCCCCCCCCCC(C)CC)COP(=O)(O)OC[C@H](O)COP(=O)(O)OC[C@@H](COC(=O)CCCCCCCCCCCCCCCCC(C)C)OC(=O)CCCCCCCCCCCCCCCCCC(C)C. The Hall–Kier alpha value is -1.94. The fourth-order valence-corrected chi connectivity index (χ4v) is 14.2. The van der Waals surface area contributed by atoms with Crippen molar-refractivity contribution in [3.8, 4) is 0 Å². The second-order valence-corrected chi connectivity index (χ2v) is 33.6. The molecule has 6 atom stereocenters. The van der Waals surface area contributed by atoms with E-state index in [2.05, 4.69) is 48.5 Å². The van der Waals surface area contributed by atoms with Gasteiger partial charge < -0.3 is 33.8 Å². The van der Waals surface area contributed by atoms with Crippen molar-refractivity contribution in [1.82, 2.24) is 0 Å². The van der Waals surface area contributed by atoms with Gasteiger partial charge in [0.15, 0.2) is 12.2 Å². The maximum atomic E-state index is 13.1. The Morgan fingerprint density at radius 3 is 0.752 bits per heavy atom. The standard InChI is InChI=1S/C82H160O17P2/c1-8-10-11-12-13-14-15-16-24-30-35-44-51-58-65-81(86)99-78(70-93-80(85)64-57-50-43-38-37-41-48-55-62-75(7)9-2)72-97-101(90,91)95-68-76(83)67-94-100(88,89)96-71-77(69-92-79(84)63-56-49-42-34-29-25-21-20-23-28-33-40-47-54-61-74(5)6)98-82(87)66-59-52-45-36-31-26-19-17-18-22-27-32-39-46-53-60-73(3)4/h73-78,83H,8-72H2,1-7H3,(H,88,89)(H,90,91)/t75?,76-,77-,78-/m1/s1. The molecule has 600 valence electrons. The number of unbranched alkanes of at least 4 members (excludes halogenated alkanes) is 47. The minimum atomic E-state index is -4.96. The molecule has 0 aromatic heterocycles. The first-order valence-corrected chi connectivity index (χ1v) is 45.4. The lowest BCUT2D eigenvalue weighted by atomic mass is 9.99. The second-order valence-electron chi connectivity index (χ2n) is 30.7. The molecule has 0 saturated carbocycles.